The Hall–Kier alpha value is -2.82. The van der Waals surface area contributed by atoms with Gasteiger partial charge in [0.05, 0.1) is 11.3 Å². The highest BCUT2D eigenvalue weighted by Gasteiger charge is 2.15. The van der Waals surface area contributed by atoms with Gasteiger partial charge in [-0.15, -0.1) is 0 Å². The molecule has 2 rings (SSSR count). The van der Waals surface area contributed by atoms with Crippen LogP contribution in [-0.4, -0.2) is 24.5 Å². The van der Waals surface area contributed by atoms with Crippen molar-refractivity contribution in [3.63, 3.8) is 0 Å². The van der Waals surface area contributed by atoms with Crippen molar-refractivity contribution in [2.75, 3.05) is 11.9 Å². The van der Waals surface area contributed by atoms with Gasteiger partial charge in [0.25, 0.3) is 5.91 Å². The number of amides is 1. The van der Waals surface area contributed by atoms with Crippen LogP contribution in [0.4, 0.5) is 11.4 Å². The maximum absolute atomic E-state index is 12.3. The molecule has 126 valence electrons. The molecule has 2 aromatic rings. The molecule has 0 radical (unpaired) electrons. The fourth-order valence-corrected chi connectivity index (χ4v) is 2.07. The average Bonchev–Trinajstić information content (AvgIpc) is 2.61. The van der Waals surface area contributed by atoms with Gasteiger partial charge in [-0.1, -0.05) is 37.3 Å². The van der Waals surface area contributed by atoms with Gasteiger partial charge in [-0.3, -0.25) is 4.79 Å². The van der Waals surface area contributed by atoms with Crippen molar-refractivity contribution in [1.29, 1.82) is 0 Å². The molecule has 0 spiro atoms. The van der Waals surface area contributed by atoms with Gasteiger partial charge in [0.1, 0.15) is 0 Å². The molecular weight excluding hydrogens is 304 g/mol. The van der Waals surface area contributed by atoms with Crippen molar-refractivity contribution in [1.82, 2.24) is 5.32 Å². The number of benzene rings is 2. The van der Waals surface area contributed by atoms with Gasteiger partial charge in [0.15, 0.2) is 6.61 Å². The minimum atomic E-state index is -0.534. The van der Waals surface area contributed by atoms with E-state index in [1.54, 1.807) is 18.2 Å². The molecule has 2 aromatic carbocycles. The number of hydrogen-bond donors (Lipinski definition) is 2. The van der Waals surface area contributed by atoms with Gasteiger partial charge in [-0.2, -0.15) is 0 Å². The van der Waals surface area contributed by atoms with Crippen LogP contribution < -0.4 is 10.6 Å². The van der Waals surface area contributed by atoms with E-state index in [1.807, 2.05) is 50.2 Å². The molecule has 0 unspecified atom stereocenters. The summed E-state index contributed by atoms with van der Waals surface area (Å²) in [5.41, 5.74) is 1.89. The zero-order chi connectivity index (χ0) is 17.4. The summed E-state index contributed by atoms with van der Waals surface area (Å²) in [7, 11) is 0. The molecule has 0 bridgehead atoms. The molecule has 1 amide bonds. The highest BCUT2D eigenvalue weighted by Crippen LogP contribution is 2.21. The molecule has 0 aliphatic carbocycles. The Morgan fingerprint density at radius 2 is 1.71 bits per heavy atom. The number of esters is 1. The van der Waals surface area contributed by atoms with Crippen molar-refractivity contribution in [2.24, 2.45) is 0 Å². The van der Waals surface area contributed by atoms with Crippen LogP contribution >= 0.6 is 0 Å². The molecule has 0 aromatic heterocycles. The molecule has 0 saturated carbocycles. The molecule has 0 aliphatic rings. The SMILES string of the molecule is CC[C@H](C)NC(=O)COC(=O)c1ccccc1Nc1ccccc1. The largest absolute Gasteiger partial charge is 0.452 e. The molecule has 24 heavy (non-hydrogen) atoms. The van der Waals surface area contributed by atoms with E-state index >= 15 is 0 Å². The van der Waals surface area contributed by atoms with Crippen molar-refractivity contribution >= 4 is 23.3 Å². The Morgan fingerprint density at radius 3 is 2.42 bits per heavy atom. The topological polar surface area (TPSA) is 67.4 Å². The van der Waals surface area contributed by atoms with Crippen LogP contribution in [0.5, 0.6) is 0 Å². The van der Waals surface area contributed by atoms with E-state index in [9.17, 15) is 9.59 Å². The fraction of sp³-hybridized carbons (Fsp3) is 0.263. The van der Waals surface area contributed by atoms with E-state index in [4.69, 9.17) is 4.74 Å². The van der Waals surface area contributed by atoms with E-state index in [0.717, 1.165) is 12.1 Å². The molecule has 0 saturated heterocycles. The van der Waals surface area contributed by atoms with Gasteiger partial charge < -0.3 is 15.4 Å². The van der Waals surface area contributed by atoms with Crippen LogP contribution in [0, 0.1) is 0 Å². The van der Waals surface area contributed by atoms with E-state index in [2.05, 4.69) is 10.6 Å². The van der Waals surface area contributed by atoms with Gasteiger partial charge in [0, 0.05) is 11.7 Å². The zero-order valence-electron chi connectivity index (χ0n) is 13.9. The highest BCUT2D eigenvalue weighted by molar-refractivity contribution is 5.97. The zero-order valence-corrected chi connectivity index (χ0v) is 13.9. The minimum absolute atomic E-state index is 0.0586. The van der Waals surface area contributed by atoms with E-state index in [1.165, 1.54) is 0 Å². The maximum Gasteiger partial charge on any atom is 0.340 e. The summed E-state index contributed by atoms with van der Waals surface area (Å²) in [4.78, 5) is 24.0. The predicted molar refractivity (Wildman–Crippen MR) is 94.3 cm³/mol. The lowest BCUT2D eigenvalue weighted by Crippen LogP contribution is -2.35. The van der Waals surface area contributed by atoms with Gasteiger partial charge >= 0.3 is 5.97 Å². The van der Waals surface area contributed by atoms with Crippen LogP contribution in [0.25, 0.3) is 0 Å². The van der Waals surface area contributed by atoms with E-state index in [-0.39, 0.29) is 18.6 Å². The number of carbonyl (C=O) groups is 2. The van der Waals surface area contributed by atoms with E-state index in [0.29, 0.717) is 11.3 Å². The lowest BCUT2D eigenvalue weighted by molar-refractivity contribution is -0.124. The highest BCUT2D eigenvalue weighted by atomic mass is 16.5. The number of carbonyl (C=O) groups excluding carboxylic acids is 2. The first kappa shape index (κ1) is 17.5. The second-order valence-electron chi connectivity index (χ2n) is 5.49. The van der Waals surface area contributed by atoms with Crippen LogP contribution in [0.1, 0.15) is 30.6 Å². The number of ether oxygens (including phenoxy) is 1. The first-order valence-electron chi connectivity index (χ1n) is 7.97. The molecule has 5 nitrogen and oxygen atoms in total. The Kier molecular flexibility index (Phi) is 6.37. The Bertz CT molecular complexity index is 686. The first-order chi connectivity index (χ1) is 11.6. The molecule has 5 heteroatoms. The summed E-state index contributed by atoms with van der Waals surface area (Å²) < 4.78 is 5.12. The summed E-state index contributed by atoms with van der Waals surface area (Å²) >= 11 is 0. The summed E-state index contributed by atoms with van der Waals surface area (Å²) in [6.45, 7) is 3.59. The maximum atomic E-state index is 12.3. The molecular formula is C19H22N2O3. The van der Waals surface area contributed by atoms with Crippen LogP contribution in [0.2, 0.25) is 0 Å². The Balaban J connectivity index is 2.01. The summed E-state index contributed by atoms with van der Waals surface area (Å²) in [5, 5.41) is 5.94. The molecule has 0 heterocycles. The fourth-order valence-electron chi connectivity index (χ4n) is 2.07. The third kappa shape index (κ3) is 5.12. The van der Waals surface area contributed by atoms with Crippen LogP contribution in [0.3, 0.4) is 0 Å². The number of hydrogen-bond acceptors (Lipinski definition) is 4. The summed E-state index contributed by atoms with van der Waals surface area (Å²) in [6, 6.07) is 16.6. The van der Waals surface area contributed by atoms with E-state index < -0.39 is 5.97 Å². The monoisotopic (exact) mass is 326 g/mol. The third-order valence-corrected chi connectivity index (χ3v) is 3.55. The van der Waals surface area contributed by atoms with Gasteiger partial charge in [0.2, 0.25) is 0 Å². The second kappa shape index (κ2) is 8.72. The summed E-state index contributed by atoms with van der Waals surface area (Å²) in [6.07, 6.45) is 0.823. The quantitative estimate of drug-likeness (QED) is 0.764. The molecule has 0 fully saturated rings. The van der Waals surface area contributed by atoms with Crippen LogP contribution in [-0.2, 0) is 9.53 Å². The van der Waals surface area contributed by atoms with Crippen LogP contribution in [0.15, 0.2) is 54.6 Å². The molecule has 1 atom stereocenters. The van der Waals surface area contributed by atoms with Crippen molar-refractivity contribution in [3.8, 4) is 0 Å². The lowest BCUT2D eigenvalue weighted by Gasteiger charge is -2.13. The van der Waals surface area contributed by atoms with Crippen molar-refractivity contribution < 1.29 is 14.3 Å². The second-order valence-corrected chi connectivity index (χ2v) is 5.49. The molecule has 0 aliphatic heterocycles. The predicted octanol–water partition coefficient (Wildman–Crippen LogP) is 3.50. The Morgan fingerprint density at radius 1 is 1.04 bits per heavy atom. The van der Waals surface area contributed by atoms with Crippen molar-refractivity contribution in [2.45, 2.75) is 26.3 Å². The Labute approximate surface area is 142 Å². The number of rotatable bonds is 7. The van der Waals surface area contributed by atoms with Gasteiger partial charge in [-0.05, 0) is 37.6 Å². The number of nitrogens with one attached hydrogen (secondary N) is 2. The van der Waals surface area contributed by atoms with Gasteiger partial charge in [-0.25, -0.2) is 4.79 Å². The lowest BCUT2D eigenvalue weighted by atomic mass is 10.1. The smallest absolute Gasteiger partial charge is 0.340 e. The standard InChI is InChI=1S/C19H22N2O3/c1-3-14(2)20-18(22)13-24-19(23)16-11-7-8-12-17(16)21-15-9-5-4-6-10-15/h4-12,14,21H,3,13H2,1-2H3,(H,20,22)/t14-/m0/s1. The average molecular weight is 326 g/mol. The third-order valence-electron chi connectivity index (χ3n) is 3.55. The normalized spacial score (nSPS) is 11.4. The summed E-state index contributed by atoms with van der Waals surface area (Å²) in [5.74, 6) is -0.834. The molecule has 2 N–H and O–H groups in total. The van der Waals surface area contributed by atoms with Crippen molar-refractivity contribution in [3.05, 3.63) is 60.2 Å². The number of para-hydroxylation sites is 2. The number of anilines is 2. The minimum Gasteiger partial charge on any atom is -0.452 e. The first-order valence-corrected chi connectivity index (χ1v) is 7.97.